The Morgan fingerprint density at radius 1 is 0.640 bits per heavy atom. The van der Waals surface area contributed by atoms with Crippen LogP contribution in [0, 0.1) is 0 Å². The van der Waals surface area contributed by atoms with E-state index in [0.717, 1.165) is 0 Å². The third-order valence-electron chi connectivity index (χ3n) is 2.87. The minimum Gasteiger partial charge on any atom is -0.328 e. The quantitative estimate of drug-likeness (QED) is 0.699. The summed E-state index contributed by atoms with van der Waals surface area (Å²) in [6.45, 7) is 0. The molecule has 0 unspecified atom stereocenters. The standard InChI is InChI=1S/C12H10.C6H12N4O2.CH4/c1-3-7-11(8-4-1)12-9-5-2-6-10-12;1-9(2)5(11)7-8-6(12)10(3)4;/h1-10H;1-4H3;1H4. The Hall–Kier alpha value is -3.02. The number of nitrogens with zero attached hydrogens (tertiary/aromatic N) is 4. The first kappa shape index (κ1) is 22.0. The molecule has 4 amide bonds. The van der Waals surface area contributed by atoms with Crippen molar-refractivity contribution in [1.82, 2.24) is 9.80 Å². The van der Waals surface area contributed by atoms with E-state index in [9.17, 15) is 9.59 Å². The summed E-state index contributed by atoms with van der Waals surface area (Å²) in [4.78, 5) is 24.0. The number of benzene rings is 2. The van der Waals surface area contributed by atoms with Gasteiger partial charge in [-0.25, -0.2) is 9.59 Å². The lowest BCUT2D eigenvalue weighted by Crippen LogP contribution is -2.20. The van der Waals surface area contributed by atoms with Crippen LogP contribution in [-0.4, -0.2) is 50.1 Å². The van der Waals surface area contributed by atoms with Gasteiger partial charge in [-0.1, -0.05) is 78.3 Å². The topological polar surface area (TPSA) is 65.3 Å². The van der Waals surface area contributed by atoms with Crippen LogP contribution in [0.1, 0.15) is 7.43 Å². The van der Waals surface area contributed by atoms with Crippen LogP contribution in [0.5, 0.6) is 0 Å². The molecule has 0 aliphatic rings. The summed E-state index contributed by atoms with van der Waals surface area (Å²) in [5, 5.41) is 6.33. The van der Waals surface area contributed by atoms with E-state index in [-0.39, 0.29) is 7.43 Å². The fourth-order valence-electron chi connectivity index (χ4n) is 1.53. The maximum atomic E-state index is 10.8. The zero-order chi connectivity index (χ0) is 17.9. The van der Waals surface area contributed by atoms with Gasteiger partial charge in [0.15, 0.2) is 0 Å². The fraction of sp³-hybridized carbons (Fsp3) is 0.263. The summed E-state index contributed by atoms with van der Waals surface area (Å²) in [5.41, 5.74) is 2.55. The third-order valence-corrected chi connectivity index (χ3v) is 2.87. The normalized spacial score (nSPS) is 9.44. The molecule has 0 spiro atoms. The highest BCUT2D eigenvalue weighted by molar-refractivity contribution is 5.79. The molecule has 134 valence electrons. The predicted octanol–water partition coefficient (Wildman–Crippen LogP) is 4.79. The van der Waals surface area contributed by atoms with Gasteiger partial charge in [-0.2, -0.15) is 0 Å². The van der Waals surface area contributed by atoms with Crippen LogP contribution in [0.15, 0.2) is 70.9 Å². The number of azo groups is 1. The van der Waals surface area contributed by atoms with E-state index in [4.69, 9.17) is 0 Å². The monoisotopic (exact) mass is 342 g/mol. The Bertz CT molecular complexity index is 609. The third kappa shape index (κ3) is 8.41. The zero-order valence-corrected chi connectivity index (χ0v) is 14.4. The molecule has 0 aliphatic carbocycles. The molecule has 0 saturated heterocycles. The number of amides is 4. The van der Waals surface area contributed by atoms with Gasteiger partial charge >= 0.3 is 12.1 Å². The van der Waals surface area contributed by atoms with Crippen molar-refractivity contribution in [2.45, 2.75) is 7.43 Å². The van der Waals surface area contributed by atoms with Crippen LogP contribution >= 0.6 is 0 Å². The van der Waals surface area contributed by atoms with E-state index in [2.05, 4.69) is 58.8 Å². The molecule has 0 fully saturated rings. The van der Waals surface area contributed by atoms with Crippen LogP contribution in [0.25, 0.3) is 11.1 Å². The predicted molar refractivity (Wildman–Crippen MR) is 102 cm³/mol. The van der Waals surface area contributed by atoms with Crippen LogP contribution in [-0.2, 0) is 0 Å². The van der Waals surface area contributed by atoms with Gasteiger partial charge in [0.25, 0.3) is 0 Å². The minimum atomic E-state index is -0.551. The van der Waals surface area contributed by atoms with Gasteiger partial charge in [0, 0.05) is 28.2 Å². The molecular formula is C19H26N4O2. The molecule has 6 heteroatoms. The number of rotatable bonds is 1. The van der Waals surface area contributed by atoms with Gasteiger partial charge in [-0.3, -0.25) is 0 Å². The molecule has 2 aromatic rings. The van der Waals surface area contributed by atoms with Crippen molar-refractivity contribution < 1.29 is 9.59 Å². The Morgan fingerprint density at radius 2 is 0.920 bits per heavy atom. The van der Waals surface area contributed by atoms with E-state index >= 15 is 0 Å². The van der Waals surface area contributed by atoms with E-state index < -0.39 is 12.1 Å². The van der Waals surface area contributed by atoms with E-state index in [1.807, 2.05) is 12.1 Å². The number of urea groups is 2. The molecule has 25 heavy (non-hydrogen) atoms. The van der Waals surface area contributed by atoms with Gasteiger partial charge in [0.05, 0.1) is 0 Å². The van der Waals surface area contributed by atoms with E-state index in [0.29, 0.717) is 0 Å². The number of hydrogen-bond acceptors (Lipinski definition) is 2. The van der Waals surface area contributed by atoms with Gasteiger partial charge < -0.3 is 9.80 Å². The van der Waals surface area contributed by atoms with Gasteiger partial charge in [0.2, 0.25) is 0 Å². The van der Waals surface area contributed by atoms with Crippen molar-refractivity contribution in [2.75, 3.05) is 28.2 Å². The van der Waals surface area contributed by atoms with Crippen molar-refractivity contribution in [2.24, 2.45) is 10.2 Å². The van der Waals surface area contributed by atoms with Crippen LogP contribution < -0.4 is 0 Å². The Kier molecular flexibility index (Phi) is 10.1. The first-order chi connectivity index (χ1) is 11.4. The summed E-state index contributed by atoms with van der Waals surface area (Å²) in [6.07, 6.45) is 0. The zero-order valence-electron chi connectivity index (χ0n) is 14.4. The van der Waals surface area contributed by atoms with E-state index in [1.54, 1.807) is 0 Å². The second kappa shape index (κ2) is 11.5. The van der Waals surface area contributed by atoms with Crippen molar-refractivity contribution in [3.8, 4) is 11.1 Å². The molecule has 0 saturated carbocycles. The molecule has 6 nitrogen and oxygen atoms in total. The highest BCUT2D eigenvalue weighted by Gasteiger charge is 2.03. The molecule has 0 aliphatic heterocycles. The molecule has 0 heterocycles. The average molecular weight is 342 g/mol. The molecule has 0 atom stereocenters. The Balaban J connectivity index is 0.000000443. The Morgan fingerprint density at radius 3 is 1.16 bits per heavy atom. The molecule has 0 aromatic heterocycles. The lowest BCUT2D eigenvalue weighted by atomic mass is 10.1. The smallest absolute Gasteiger partial charge is 0.328 e. The largest absolute Gasteiger partial charge is 0.361 e. The molecule has 0 N–H and O–H groups in total. The summed E-state index contributed by atoms with van der Waals surface area (Å²) in [7, 11) is 6.12. The molecular weight excluding hydrogens is 316 g/mol. The minimum absolute atomic E-state index is 0. The lowest BCUT2D eigenvalue weighted by molar-refractivity contribution is 0.218. The van der Waals surface area contributed by atoms with Gasteiger partial charge in [0.1, 0.15) is 0 Å². The molecule has 2 aromatic carbocycles. The highest BCUT2D eigenvalue weighted by Crippen LogP contribution is 2.17. The number of carbonyl (C=O) groups is 2. The first-order valence-corrected chi connectivity index (χ1v) is 7.36. The summed E-state index contributed by atoms with van der Waals surface area (Å²) in [5.74, 6) is 0. The summed E-state index contributed by atoms with van der Waals surface area (Å²) >= 11 is 0. The molecule has 0 bridgehead atoms. The van der Waals surface area contributed by atoms with Crippen molar-refractivity contribution in [1.29, 1.82) is 0 Å². The molecule has 0 radical (unpaired) electrons. The van der Waals surface area contributed by atoms with Gasteiger partial charge in [-0.05, 0) is 11.1 Å². The fourth-order valence-corrected chi connectivity index (χ4v) is 1.53. The number of hydrogen-bond donors (Lipinski definition) is 0. The SMILES string of the molecule is C.CN(C)C(=O)N=NC(=O)N(C)C.c1ccc(-c2ccccc2)cc1. The van der Waals surface area contributed by atoms with Crippen LogP contribution in [0.2, 0.25) is 0 Å². The Labute approximate surface area is 149 Å². The van der Waals surface area contributed by atoms with E-state index in [1.165, 1.54) is 49.1 Å². The second-order valence-corrected chi connectivity index (χ2v) is 5.29. The summed E-state index contributed by atoms with van der Waals surface area (Å²) in [6, 6.07) is 19.7. The van der Waals surface area contributed by atoms with Gasteiger partial charge in [-0.15, -0.1) is 0 Å². The first-order valence-electron chi connectivity index (χ1n) is 7.36. The maximum absolute atomic E-state index is 10.8. The number of carbonyl (C=O) groups excluding carboxylic acids is 2. The van der Waals surface area contributed by atoms with Crippen molar-refractivity contribution >= 4 is 12.1 Å². The molecule has 2 rings (SSSR count). The average Bonchev–Trinajstić information content (AvgIpc) is 2.61. The van der Waals surface area contributed by atoms with Crippen LogP contribution in [0.4, 0.5) is 9.59 Å². The summed E-state index contributed by atoms with van der Waals surface area (Å²) < 4.78 is 0. The van der Waals surface area contributed by atoms with Crippen LogP contribution in [0.3, 0.4) is 0 Å². The van der Waals surface area contributed by atoms with Crippen molar-refractivity contribution in [3.05, 3.63) is 60.7 Å². The maximum Gasteiger partial charge on any atom is 0.361 e. The lowest BCUT2D eigenvalue weighted by Gasteiger charge is -2.05. The highest BCUT2D eigenvalue weighted by atomic mass is 16.2. The second-order valence-electron chi connectivity index (χ2n) is 5.29. The van der Waals surface area contributed by atoms with Crippen molar-refractivity contribution in [3.63, 3.8) is 0 Å².